The number of nitrogens with zero attached hydrogens (tertiary/aromatic N) is 4. The van der Waals surface area contributed by atoms with Crippen molar-refractivity contribution in [1.82, 2.24) is 19.1 Å². The highest BCUT2D eigenvalue weighted by Gasteiger charge is 2.30. The number of hydrogen-bond acceptors (Lipinski definition) is 3. The fourth-order valence-corrected chi connectivity index (χ4v) is 3.69. The maximum Gasteiger partial charge on any atom is 0.283 e. The Labute approximate surface area is 148 Å². The minimum absolute atomic E-state index is 0.139. The third kappa shape index (κ3) is 2.12. The van der Waals surface area contributed by atoms with E-state index in [2.05, 4.69) is 9.55 Å². The van der Waals surface area contributed by atoms with Crippen LogP contribution in [0.25, 0.3) is 27.6 Å². The summed E-state index contributed by atoms with van der Waals surface area (Å²) in [6, 6.07) is 9.33. The summed E-state index contributed by atoms with van der Waals surface area (Å²) < 4.78 is 3.72. The van der Waals surface area contributed by atoms with Gasteiger partial charge in [-0.15, -0.1) is 0 Å². The van der Waals surface area contributed by atoms with E-state index in [-0.39, 0.29) is 5.56 Å². The average molecular weight is 351 g/mol. The first-order chi connectivity index (χ1) is 12.1. The second-order valence-corrected chi connectivity index (χ2v) is 6.95. The molecule has 0 unspecified atom stereocenters. The smallest absolute Gasteiger partial charge is 0.283 e. The molecular formula is C19H15ClN4O. The van der Waals surface area contributed by atoms with Crippen LogP contribution in [-0.2, 0) is 7.05 Å². The number of benzene rings is 1. The van der Waals surface area contributed by atoms with Gasteiger partial charge in [-0.05, 0) is 43.2 Å². The Balaban J connectivity index is 2.00. The summed E-state index contributed by atoms with van der Waals surface area (Å²) in [4.78, 5) is 22.1. The van der Waals surface area contributed by atoms with Gasteiger partial charge in [0.1, 0.15) is 5.82 Å². The van der Waals surface area contributed by atoms with E-state index in [1.165, 1.54) is 0 Å². The normalized spacial score (nSPS) is 14.5. The Hall–Kier alpha value is -2.66. The predicted molar refractivity (Wildman–Crippen MR) is 98.6 cm³/mol. The molecule has 1 aliphatic rings. The van der Waals surface area contributed by atoms with Crippen molar-refractivity contribution in [2.75, 3.05) is 0 Å². The minimum Gasteiger partial charge on any atom is -0.330 e. The Bertz CT molecular complexity index is 1190. The van der Waals surface area contributed by atoms with E-state index in [0.29, 0.717) is 22.1 Å². The maximum absolute atomic E-state index is 13.3. The highest BCUT2D eigenvalue weighted by atomic mass is 35.5. The second-order valence-electron chi connectivity index (χ2n) is 6.51. The zero-order valence-electron chi connectivity index (χ0n) is 13.6. The molecule has 0 radical (unpaired) electrons. The largest absolute Gasteiger partial charge is 0.330 e. The lowest BCUT2D eigenvalue weighted by Gasteiger charge is -2.12. The fourth-order valence-electron chi connectivity index (χ4n) is 3.53. The van der Waals surface area contributed by atoms with Crippen molar-refractivity contribution in [2.24, 2.45) is 7.05 Å². The van der Waals surface area contributed by atoms with Gasteiger partial charge in [0.15, 0.2) is 5.52 Å². The molecular weight excluding hydrogens is 336 g/mol. The molecule has 1 aliphatic carbocycles. The SMILES string of the molecule is Cn1c(C2CC2)nc2c(=O)n(-c3cccnc3)c3cc(Cl)ccc3c21. The molecule has 0 amide bonds. The van der Waals surface area contributed by atoms with Crippen molar-refractivity contribution in [3.8, 4) is 5.69 Å². The number of imidazole rings is 1. The summed E-state index contributed by atoms with van der Waals surface area (Å²) in [5.41, 5.74) is 2.71. The lowest BCUT2D eigenvalue weighted by atomic mass is 10.1. The maximum atomic E-state index is 13.3. The third-order valence-electron chi connectivity index (χ3n) is 4.84. The van der Waals surface area contributed by atoms with Gasteiger partial charge in [0, 0.05) is 29.6 Å². The molecule has 0 aliphatic heterocycles. The summed E-state index contributed by atoms with van der Waals surface area (Å²) in [5, 5.41) is 1.55. The summed E-state index contributed by atoms with van der Waals surface area (Å²) in [6.07, 6.45) is 5.64. The number of aromatic nitrogens is 4. The zero-order chi connectivity index (χ0) is 17.1. The Morgan fingerprint density at radius 2 is 2.08 bits per heavy atom. The van der Waals surface area contributed by atoms with Crippen LogP contribution >= 0.6 is 11.6 Å². The Kier molecular flexibility index (Phi) is 3.03. The number of pyridine rings is 2. The lowest BCUT2D eigenvalue weighted by molar-refractivity contribution is 0.821. The van der Waals surface area contributed by atoms with E-state index in [1.807, 2.05) is 37.4 Å². The second kappa shape index (κ2) is 5.17. The number of halogens is 1. The lowest BCUT2D eigenvalue weighted by Crippen LogP contribution is -2.19. The van der Waals surface area contributed by atoms with Crippen LogP contribution in [-0.4, -0.2) is 19.1 Å². The van der Waals surface area contributed by atoms with Crippen molar-refractivity contribution in [3.63, 3.8) is 0 Å². The molecule has 3 heterocycles. The standard InChI is InChI=1S/C19H15ClN4O/c1-23-17-14-7-6-12(20)9-15(14)24(13-3-2-8-21-10-13)19(25)16(17)22-18(23)11-4-5-11/h2-3,6-11H,4-5H2,1H3. The van der Waals surface area contributed by atoms with Gasteiger partial charge in [0.25, 0.3) is 5.56 Å². The summed E-state index contributed by atoms with van der Waals surface area (Å²) in [5.74, 6) is 1.46. The molecule has 0 N–H and O–H groups in total. The van der Waals surface area contributed by atoms with Crippen LogP contribution < -0.4 is 5.56 Å². The molecule has 1 saturated carbocycles. The van der Waals surface area contributed by atoms with E-state index in [1.54, 1.807) is 17.0 Å². The monoisotopic (exact) mass is 350 g/mol. The average Bonchev–Trinajstić information content (AvgIpc) is 3.40. The number of rotatable bonds is 2. The molecule has 1 fully saturated rings. The molecule has 124 valence electrons. The van der Waals surface area contributed by atoms with Gasteiger partial charge in [0.05, 0.1) is 22.9 Å². The van der Waals surface area contributed by atoms with E-state index in [4.69, 9.17) is 16.6 Å². The van der Waals surface area contributed by atoms with Crippen LogP contribution in [0.3, 0.4) is 0 Å². The molecule has 0 spiro atoms. The predicted octanol–water partition coefficient (Wildman–Crippen LogP) is 3.80. The molecule has 0 bridgehead atoms. The molecule has 3 aromatic heterocycles. The van der Waals surface area contributed by atoms with Crippen LogP contribution in [0.5, 0.6) is 0 Å². The van der Waals surface area contributed by atoms with Gasteiger partial charge in [-0.2, -0.15) is 0 Å². The zero-order valence-corrected chi connectivity index (χ0v) is 14.4. The fraction of sp³-hybridized carbons (Fsp3) is 0.211. The van der Waals surface area contributed by atoms with Gasteiger partial charge in [-0.3, -0.25) is 14.3 Å². The first-order valence-electron chi connectivity index (χ1n) is 8.26. The first kappa shape index (κ1) is 14.7. The summed E-state index contributed by atoms with van der Waals surface area (Å²) >= 11 is 6.23. The van der Waals surface area contributed by atoms with Crippen molar-refractivity contribution in [1.29, 1.82) is 0 Å². The van der Waals surface area contributed by atoms with Gasteiger partial charge in [-0.1, -0.05) is 11.6 Å². The number of aryl methyl sites for hydroxylation is 1. The highest BCUT2D eigenvalue weighted by molar-refractivity contribution is 6.31. The van der Waals surface area contributed by atoms with Gasteiger partial charge in [0.2, 0.25) is 0 Å². The Morgan fingerprint density at radius 3 is 2.80 bits per heavy atom. The molecule has 5 nitrogen and oxygen atoms in total. The van der Waals surface area contributed by atoms with Crippen LogP contribution in [0.4, 0.5) is 0 Å². The first-order valence-corrected chi connectivity index (χ1v) is 8.64. The van der Waals surface area contributed by atoms with Gasteiger partial charge in [-0.25, -0.2) is 4.98 Å². The van der Waals surface area contributed by atoms with E-state index in [0.717, 1.165) is 35.1 Å². The van der Waals surface area contributed by atoms with E-state index in [9.17, 15) is 4.79 Å². The van der Waals surface area contributed by atoms with Crippen molar-refractivity contribution < 1.29 is 0 Å². The molecule has 0 atom stereocenters. The van der Waals surface area contributed by atoms with Crippen molar-refractivity contribution >= 4 is 33.5 Å². The number of fused-ring (bicyclic) bond motifs is 3. The van der Waals surface area contributed by atoms with Gasteiger partial charge < -0.3 is 4.57 Å². The summed E-state index contributed by atoms with van der Waals surface area (Å²) in [7, 11) is 1.99. The topological polar surface area (TPSA) is 52.7 Å². The van der Waals surface area contributed by atoms with Crippen LogP contribution in [0, 0.1) is 0 Å². The van der Waals surface area contributed by atoms with Gasteiger partial charge >= 0.3 is 0 Å². The highest BCUT2D eigenvalue weighted by Crippen LogP contribution is 2.41. The van der Waals surface area contributed by atoms with Crippen molar-refractivity contribution in [2.45, 2.75) is 18.8 Å². The van der Waals surface area contributed by atoms with Crippen LogP contribution in [0.1, 0.15) is 24.6 Å². The molecule has 1 aromatic carbocycles. The summed E-state index contributed by atoms with van der Waals surface area (Å²) in [6.45, 7) is 0. The van der Waals surface area contributed by atoms with Crippen LogP contribution in [0.2, 0.25) is 5.02 Å². The number of hydrogen-bond donors (Lipinski definition) is 0. The van der Waals surface area contributed by atoms with E-state index >= 15 is 0 Å². The molecule has 25 heavy (non-hydrogen) atoms. The van der Waals surface area contributed by atoms with E-state index < -0.39 is 0 Å². The third-order valence-corrected chi connectivity index (χ3v) is 5.07. The molecule has 4 aromatic rings. The molecule has 0 saturated heterocycles. The van der Waals surface area contributed by atoms with Crippen molar-refractivity contribution in [3.05, 3.63) is 63.9 Å². The minimum atomic E-state index is -0.139. The molecule has 6 heteroatoms. The van der Waals surface area contributed by atoms with Crippen LogP contribution in [0.15, 0.2) is 47.5 Å². The molecule has 5 rings (SSSR count). The quantitative estimate of drug-likeness (QED) is 0.552. The Morgan fingerprint density at radius 1 is 1.24 bits per heavy atom.